The molecule has 6 aliphatic heterocycles. The van der Waals surface area contributed by atoms with Crippen molar-refractivity contribution < 1.29 is 23.9 Å². The van der Waals surface area contributed by atoms with Crippen LogP contribution in [0, 0.1) is 11.8 Å². The van der Waals surface area contributed by atoms with Gasteiger partial charge in [0.1, 0.15) is 30.1 Å². The number of nitrogens with one attached hydrogen (secondary N) is 3. The minimum absolute atomic E-state index is 0.0149. The van der Waals surface area contributed by atoms with E-state index < -0.39 is 23.8 Å². The van der Waals surface area contributed by atoms with Crippen molar-refractivity contribution in [2.24, 2.45) is 11.8 Å². The van der Waals surface area contributed by atoms with Gasteiger partial charge in [0, 0.05) is 101 Å². The average Bonchev–Trinajstić information content (AvgIpc) is 3.79. The van der Waals surface area contributed by atoms with Crippen LogP contribution in [0.2, 0.25) is 0 Å². The third-order valence-electron chi connectivity index (χ3n) is 16.6. The summed E-state index contributed by atoms with van der Waals surface area (Å²) in [6.07, 6.45) is 17.2. The molecule has 4 saturated heterocycles. The Morgan fingerprint density at radius 2 is 1.38 bits per heavy atom. The van der Waals surface area contributed by atoms with Crippen LogP contribution in [0.3, 0.4) is 0 Å². The number of carbonyl (C=O) groups is 4. The molecule has 1 aromatic carbocycles. The van der Waals surface area contributed by atoms with Gasteiger partial charge in [-0.1, -0.05) is 32.1 Å². The monoisotopic (exact) mass is 902 g/mol. The topological polar surface area (TPSA) is 172 Å². The first-order valence-electron chi connectivity index (χ1n) is 25.2. The number of rotatable bonds is 10. The van der Waals surface area contributed by atoms with E-state index in [1.165, 1.54) is 43.4 Å². The molecule has 16 heteroatoms. The highest BCUT2D eigenvalue weighted by molar-refractivity contribution is 6.23. The second-order valence-electron chi connectivity index (χ2n) is 21.1. The van der Waals surface area contributed by atoms with Crippen molar-refractivity contribution in [1.29, 1.82) is 0 Å². The van der Waals surface area contributed by atoms with Gasteiger partial charge in [0.2, 0.25) is 11.8 Å². The number of fused-ring (bicyclic) bond motifs is 3. The summed E-state index contributed by atoms with van der Waals surface area (Å²) in [4.78, 5) is 71.6. The predicted molar refractivity (Wildman–Crippen MR) is 249 cm³/mol. The smallest absolute Gasteiger partial charge is 0.262 e. The number of hydrogen-bond donors (Lipinski definition) is 3. The molecule has 3 aromatic rings. The zero-order valence-electron chi connectivity index (χ0n) is 38.7. The third kappa shape index (κ3) is 8.55. The molecule has 11 rings (SSSR count). The summed E-state index contributed by atoms with van der Waals surface area (Å²) in [5.41, 5.74) is 5.89. The van der Waals surface area contributed by atoms with Gasteiger partial charge in [-0.2, -0.15) is 5.10 Å². The van der Waals surface area contributed by atoms with Gasteiger partial charge in [-0.05, 0) is 94.7 Å². The summed E-state index contributed by atoms with van der Waals surface area (Å²) >= 11 is 0. The van der Waals surface area contributed by atoms with Crippen molar-refractivity contribution in [2.45, 2.75) is 133 Å². The molecule has 2 aromatic heterocycles. The molecule has 8 heterocycles. The van der Waals surface area contributed by atoms with E-state index in [1.54, 1.807) is 12.4 Å². The van der Waals surface area contributed by atoms with E-state index in [1.807, 2.05) is 12.1 Å². The molecule has 16 nitrogen and oxygen atoms in total. The second-order valence-corrected chi connectivity index (χ2v) is 21.1. The van der Waals surface area contributed by atoms with Crippen LogP contribution in [-0.4, -0.2) is 142 Å². The largest absolute Gasteiger partial charge is 0.371 e. The first kappa shape index (κ1) is 43.8. The normalized spacial score (nSPS) is 26.6. The molecule has 0 radical (unpaired) electrons. The van der Waals surface area contributed by atoms with Crippen LogP contribution < -0.4 is 20.4 Å². The number of carbonyl (C=O) groups excluding carboxylic acids is 4. The van der Waals surface area contributed by atoms with Crippen molar-refractivity contribution in [3.8, 4) is 11.4 Å². The summed E-state index contributed by atoms with van der Waals surface area (Å²) in [6, 6.07) is 6.70. The summed E-state index contributed by atoms with van der Waals surface area (Å²) in [5, 5.41) is 14.5. The lowest BCUT2D eigenvalue weighted by molar-refractivity contribution is -0.136. The molecule has 2 aliphatic carbocycles. The molecule has 352 valence electrons. The molecule has 2 unspecified atom stereocenters. The summed E-state index contributed by atoms with van der Waals surface area (Å²) in [6.45, 7) is 13.5. The Morgan fingerprint density at radius 3 is 2.05 bits per heavy atom. The quantitative estimate of drug-likeness (QED) is 0.233. The maximum atomic E-state index is 13.4. The fourth-order valence-corrected chi connectivity index (χ4v) is 12.4. The minimum atomic E-state index is -0.952. The van der Waals surface area contributed by atoms with E-state index in [-0.39, 0.29) is 36.0 Å². The number of aromatic amines is 1. The second kappa shape index (κ2) is 18.0. The molecule has 0 bridgehead atoms. The van der Waals surface area contributed by atoms with Crippen molar-refractivity contribution in [1.82, 2.24) is 45.5 Å². The molecular weight excluding hydrogens is 835 g/mol. The number of hydrogen-bond acceptors (Lipinski definition) is 13. The van der Waals surface area contributed by atoms with E-state index in [2.05, 4.69) is 48.3 Å². The number of amides is 4. The maximum Gasteiger partial charge on any atom is 0.262 e. The number of piperidine rings is 3. The SMILES string of the molecule is CC1(OC2NCc3[nH]nc(-c4cc(N5CCC(CN6CCN(CC7CCN(c8ccc9c(c8)C(=O)N(C8CCC(=O)NC8=O)C9=O)CC7)CC6)CC5)ncn4)c3C23CCCCCCC3)CC1. The molecule has 6 fully saturated rings. The van der Waals surface area contributed by atoms with Crippen LogP contribution in [-0.2, 0) is 26.3 Å². The van der Waals surface area contributed by atoms with Crippen LogP contribution in [0.25, 0.3) is 11.4 Å². The van der Waals surface area contributed by atoms with Crippen LogP contribution in [0.5, 0.6) is 0 Å². The third-order valence-corrected chi connectivity index (χ3v) is 16.6. The number of imide groups is 2. The van der Waals surface area contributed by atoms with Crippen LogP contribution in [0.1, 0.15) is 135 Å². The van der Waals surface area contributed by atoms with Gasteiger partial charge in [-0.15, -0.1) is 0 Å². The molecule has 66 heavy (non-hydrogen) atoms. The highest BCUT2D eigenvalue weighted by Gasteiger charge is 2.52. The molecular formula is C50H67N11O5. The standard InChI is InChI=1S/C50H67N11O5/c1-49(17-18-49)66-48-50(15-5-3-2-4-6-16-50)43-39(29-51-48)55-56-44(43)38-28-41(53-32-52-38)60-21-13-34(14-22-60)31-58-25-23-57(24-26-58)30-33-11-19-59(20-12-33)35-7-8-36-37(27-35)47(65)61(46(36)64)40-9-10-42(62)54-45(40)63/h7-8,27-28,32-34,40,48,51H,2-6,9-26,29-31H2,1H3,(H,55,56)(H,54,62,63). The van der Waals surface area contributed by atoms with Gasteiger partial charge < -0.3 is 24.3 Å². The van der Waals surface area contributed by atoms with E-state index >= 15 is 0 Å². The predicted octanol–water partition coefficient (Wildman–Crippen LogP) is 5.00. The summed E-state index contributed by atoms with van der Waals surface area (Å²) in [5.74, 6) is 0.436. The van der Waals surface area contributed by atoms with Gasteiger partial charge in [0.25, 0.3) is 11.8 Å². The van der Waals surface area contributed by atoms with Gasteiger partial charge in [0.15, 0.2) is 0 Å². The van der Waals surface area contributed by atoms with Crippen LogP contribution in [0.4, 0.5) is 11.5 Å². The lowest BCUT2D eigenvalue weighted by atomic mass is 9.67. The van der Waals surface area contributed by atoms with E-state index in [9.17, 15) is 19.2 Å². The minimum Gasteiger partial charge on any atom is -0.371 e. The first-order valence-corrected chi connectivity index (χ1v) is 25.2. The maximum absolute atomic E-state index is 13.4. The molecule has 8 aliphatic rings. The molecule has 1 spiro atoms. The lowest BCUT2D eigenvalue weighted by Gasteiger charge is -2.46. The van der Waals surface area contributed by atoms with Crippen LogP contribution in [0.15, 0.2) is 30.6 Å². The van der Waals surface area contributed by atoms with Gasteiger partial charge >= 0.3 is 0 Å². The van der Waals surface area contributed by atoms with Gasteiger partial charge in [-0.25, -0.2) is 9.97 Å². The van der Waals surface area contributed by atoms with Crippen molar-refractivity contribution in [3.05, 3.63) is 53.0 Å². The van der Waals surface area contributed by atoms with Crippen molar-refractivity contribution in [2.75, 3.05) is 75.2 Å². The van der Waals surface area contributed by atoms with E-state index in [0.717, 1.165) is 151 Å². The van der Waals surface area contributed by atoms with Gasteiger partial charge in [-0.3, -0.25) is 39.8 Å². The Balaban J connectivity index is 0.646. The average molecular weight is 902 g/mol. The fourth-order valence-electron chi connectivity index (χ4n) is 12.4. The van der Waals surface area contributed by atoms with E-state index in [0.29, 0.717) is 23.0 Å². The number of ether oxygens (including phenoxy) is 1. The first-order chi connectivity index (χ1) is 32.1. The van der Waals surface area contributed by atoms with Gasteiger partial charge in [0.05, 0.1) is 28.1 Å². The number of benzene rings is 1. The number of H-pyrrole nitrogens is 1. The van der Waals surface area contributed by atoms with E-state index in [4.69, 9.17) is 19.8 Å². The number of anilines is 2. The summed E-state index contributed by atoms with van der Waals surface area (Å²) in [7, 11) is 0. The Morgan fingerprint density at radius 1 is 0.727 bits per heavy atom. The molecule has 4 amide bonds. The zero-order valence-corrected chi connectivity index (χ0v) is 38.7. The Labute approximate surface area is 387 Å². The Hall–Kier alpha value is -4.77. The summed E-state index contributed by atoms with van der Waals surface area (Å²) < 4.78 is 6.94. The molecule has 2 saturated carbocycles. The van der Waals surface area contributed by atoms with Crippen LogP contribution >= 0.6 is 0 Å². The van der Waals surface area contributed by atoms with Crippen molar-refractivity contribution >= 4 is 35.1 Å². The number of aromatic nitrogens is 4. The highest BCUT2D eigenvalue weighted by atomic mass is 16.5. The zero-order chi connectivity index (χ0) is 45.0. The highest BCUT2D eigenvalue weighted by Crippen LogP contribution is 2.51. The Bertz CT molecular complexity index is 2320. The molecule has 3 N–H and O–H groups in total. The lowest BCUT2D eigenvalue weighted by Crippen LogP contribution is -2.55. The number of nitrogens with zero attached hydrogens (tertiary/aromatic N) is 8. The Kier molecular flexibility index (Phi) is 12.0. The molecule has 2 atom stereocenters. The van der Waals surface area contributed by atoms with Crippen molar-refractivity contribution in [3.63, 3.8) is 0 Å². The number of piperazine rings is 1. The fraction of sp³-hybridized carbons (Fsp3) is 0.660.